The van der Waals surface area contributed by atoms with Gasteiger partial charge in [-0.2, -0.15) is 0 Å². The van der Waals surface area contributed by atoms with E-state index >= 15 is 0 Å². The monoisotopic (exact) mass is 378 g/mol. The standard InChI is InChI=1S/C21H22N4O3/c26-19(24-14-12-23(13-15-24)16-6-2-1-3-7-16)10-11-25-20(27)17-8-4-5-9-18(17)22-21(25)28/h1-9H,10-15H2,(H,22,28). The summed E-state index contributed by atoms with van der Waals surface area (Å²) in [6, 6.07) is 17.0. The number of para-hydroxylation sites is 2. The predicted octanol–water partition coefficient (Wildman–Crippen LogP) is 1.43. The number of hydrogen-bond acceptors (Lipinski definition) is 4. The van der Waals surface area contributed by atoms with Crippen LogP contribution in [0.15, 0.2) is 64.2 Å². The molecule has 0 bridgehead atoms. The van der Waals surface area contributed by atoms with Crippen LogP contribution in [0.25, 0.3) is 10.9 Å². The van der Waals surface area contributed by atoms with Crippen molar-refractivity contribution < 1.29 is 4.79 Å². The Balaban J connectivity index is 1.40. The molecule has 2 aromatic carbocycles. The Morgan fingerprint density at radius 1 is 0.893 bits per heavy atom. The molecule has 3 aromatic rings. The number of hydrogen-bond donors (Lipinski definition) is 1. The molecule has 1 aliphatic rings. The van der Waals surface area contributed by atoms with Crippen LogP contribution in [-0.2, 0) is 11.3 Å². The van der Waals surface area contributed by atoms with Crippen LogP contribution in [0.1, 0.15) is 6.42 Å². The molecule has 7 nitrogen and oxygen atoms in total. The average molecular weight is 378 g/mol. The van der Waals surface area contributed by atoms with Crippen molar-refractivity contribution in [3.8, 4) is 0 Å². The quantitative estimate of drug-likeness (QED) is 0.745. The summed E-state index contributed by atoms with van der Waals surface area (Å²) in [7, 11) is 0. The number of rotatable bonds is 4. The van der Waals surface area contributed by atoms with E-state index < -0.39 is 5.69 Å². The Labute approximate surface area is 161 Å². The number of carbonyl (C=O) groups is 1. The fourth-order valence-electron chi connectivity index (χ4n) is 3.62. The first kappa shape index (κ1) is 18.0. The van der Waals surface area contributed by atoms with Crippen LogP contribution in [0.3, 0.4) is 0 Å². The van der Waals surface area contributed by atoms with Gasteiger partial charge in [0.2, 0.25) is 5.91 Å². The number of carbonyl (C=O) groups excluding carboxylic acids is 1. The summed E-state index contributed by atoms with van der Waals surface area (Å²) in [4.78, 5) is 44.1. The van der Waals surface area contributed by atoms with Gasteiger partial charge in [0, 0.05) is 44.8 Å². The molecule has 1 amide bonds. The fourth-order valence-corrected chi connectivity index (χ4v) is 3.62. The molecule has 4 rings (SSSR count). The zero-order chi connectivity index (χ0) is 19.5. The van der Waals surface area contributed by atoms with Crippen LogP contribution >= 0.6 is 0 Å². The maximum Gasteiger partial charge on any atom is 0.328 e. The van der Waals surface area contributed by atoms with Crippen LogP contribution in [0.5, 0.6) is 0 Å². The van der Waals surface area contributed by atoms with Gasteiger partial charge in [-0.3, -0.25) is 14.2 Å². The molecule has 1 N–H and O–H groups in total. The van der Waals surface area contributed by atoms with Gasteiger partial charge in [-0.05, 0) is 24.3 Å². The van der Waals surface area contributed by atoms with E-state index in [1.54, 1.807) is 29.2 Å². The summed E-state index contributed by atoms with van der Waals surface area (Å²) in [6.45, 7) is 2.89. The van der Waals surface area contributed by atoms with E-state index in [1.807, 2.05) is 18.2 Å². The highest BCUT2D eigenvalue weighted by molar-refractivity contribution is 5.78. The molecule has 28 heavy (non-hydrogen) atoms. The Morgan fingerprint density at radius 2 is 1.57 bits per heavy atom. The maximum absolute atomic E-state index is 12.6. The molecule has 7 heteroatoms. The number of H-pyrrole nitrogens is 1. The fraction of sp³-hybridized carbons (Fsp3) is 0.286. The molecular formula is C21H22N4O3. The van der Waals surface area contributed by atoms with Crippen molar-refractivity contribution in [1.29, 1.82) is 0 Å². The van der Waals surface area contributed by atoms with Crippen LogP contribution in [0.4, 0.5) is 5.69 Å². The number of nitrogens with one attached hydrogen (secondary N) is 1. The molecule has 1 aliphatic heterocycles. The van der Waals surface area contributed by atoms with Gasteiger partial charge < -0.3 is 14.8 Å². The maximum atomic E-state index is 12.6. The van der Waals surface area contributed by atoms with Crippen molar-refractivity contribution in [1.82, 2.24) is 14.5 Å². The van der Waals surface area contributed by atoms with E-state index in [-0.39, 0.29) is 24.4 Å². The van der Waals surface area contributed by atoms with Crippen molar-refractivity contribution in [3.05, 3.63) is 75.4 Å². The Bertz CT molecular complexity index is 1100. The summed E-state index contributed by atoms with van der Waals surface area (Å²) in [5.41, 5.74) is 0.826. The predicted molar refractivity (Wildman–Crippen MR) is 109 cm³/mol. The molecule has 0 aliphatic carbocycles. The molecule has 1 saturated heterocycles. The third-order valence-corrected chi connectivity index (χ3v) is 5.19. The van der Waals surface area contributed by atoms with E-state index in [9.17, 15) is 14.4 Å². The van der Waals surface area contributed by atoms with Crippen molar-refractivity contribution in [2.75, 3.05) is 31.1 Å². The van der Waals surface area contributed by atoms with Gasteiger partial charge >= 0.3 is 5.69 Å². The lowest BCUT2D eigenvalue weighted by Gasteiger charge is -2.36. The highest BCUT2D eigenvalue weighted by atomic mass is 16.2. The summed E-state index contributed by atoms with van der Waals surface area (Å²) < 4.78 is 1.11. The second-order valence-electron chi connectivity index (χ2n) is 6.89. The number of piperazine rings is 1. The summed E-state index contributed by atoms with van der Waals surface area (Å²) in [5.74, 6) is -0.0350. The molecule has 2 heterocycles. The van der Waals surface area contributed by atoms with E-state index in [0.717, 1.165) is 23.3 Å². The molecule has 0 spiro atoms. The van der Waals surface area contributed by atoms with E-state index in [1.165, 1.54) is 0 Å². The van der Waals surface area contributed by atoms with Crippen molar-refractivity contribution in [2.24, 2.45) is 0 Å². The topological polar surface area (TPSA) is 78.4 Å². The van der Waals surface area contributed by atoms with E-state index in [4.69, 9.17) is 0 Å². The number of amides is 1. The second-order valence-corrected chi connectivity index (χ2v) is 6.89. The largest absolute Gasteiger partial charge is 0.368 e. The summed E-state index contributed by atoms with van der Waals surface area (Å²) >= 11 is 0. The number of fused-ring (bicyclic) bond motifs is 1. The Kier molecular flexibility index (Phi) is 4.97. The molecule has 1 aromatic heterocycles. The molecule has 0 unspecified atom stereocenters. The van der Waals surface area contributed by atoms with Crippen molar-refractivity contribution in [3.63, 3.8) is 0 Å². The lowest BCUT2D eigenvalue weighted by molar-refractivity contribution is -0.131. The van der Waals surface area contributed by atoms with Gasteiger partial charge in [0.25, 0.3) is 5.56 Å². The third-order valence-electron chi connectivity index (χ3n) is 5.19. The second kappa shape index (κ2) is 7.72. The molecule has 0 atom stereocenters. The van der Waals surface area contributed by atoms with Gasteiger partial charge in [-0.1, -0.05) is 30.3 Å². The minimum atomic E-state index is -0.481. The molecule has 144 valence electrons. The molecule has 0 saturated carbocycles. The van der Waals surface area contributed by atoms with Crippen LogP contribution in [0.2, 0.25) is 0 Å². The number of nitrogens with zero attached hydrogens (tertiary/aromatic N) is 3. The normalized spacial score (nSPS) is 14.4. The van der Waals surface area contributed by atoms with Gasteiger partial charge in [0.1, 0.15) is 0 Å². The highest BCUT2D eigenvalue weighted by Crippen LogP contribution is 2.16. The first-order valence-corrected chi connectivity index (χ1v) is 9.43. The van der Waals surface area contributed by atoms with Gasteiger partial charge in [-0.25, -0.2) is 4.79 Å². The molecule has 1 fully saturated rings. The zero-order valence-electron chi connectivity index (χ0n) is 15.5. The van der Waals surface area contributed by atoms with Gasteiger partial charge in [0.05, 0.1) is 10.9 Å². The molecule has 0 radical (unpaired) electrons. The average Bonchev–Trinajstić information content (AvgIpc) is 2.74. The first-order chi connectivity index (χ1) is 13.6. The van der Waals surface area contributed by atoms with Crippen molar-refractivity contribution >= 4 is 22.5 Å². The Morgan fingerprint density at radius 3 is 2.32 bits per heavy atom. The van der Waals surface area contributed by atoms with E-state index in [0.29, 0.717) is 24.0 Å². The smallest absolute Gasteiger partial charge is 0.328 e. The van der Waals surface area contributed by atoms with Gasteiger partial charge in [-0.15, -0.1) is 0 Å². The number of anilines is 1. The third kappa shape index (κ3) is 3.55. The lowest BCUT2D eigenvalue weighted by atomic mass is 10.2. The Hall–Kier alpha value is -3.35. The SMILES string of the molecule is O=C(CCn1c(=O)[nH]c2ccccc2c1=O)N1CCN(c2ccccc2)CC1. The first-order valence-electron chi connectivity index (χ1n) is 9.43. The van der Waals surface area contributed by atoms with Crippen LogP contribution < -0.4 is 16.1 Å². The highest BCUT2D eigenvalue weighted by Gasteiger charge is 2.21. The molecular weight excluding hydrogens is 356 g/mol. The van der Waals surface area contributed by atoms with E-state index in [2.05, 4.69) is 22.0 Å². The zero-order valence-corrected chi connectivity index (χ0v) is 15.5. The van der Waals surface area contributed by atoms with Crippen LogP contribution in [-0.4, -0.2) is 46.5 Å². The minimum absolute atomic E-state index is 0.0350. The summed E-state index contributed by atoms with van der Waals surface area (Å²) in [5, 5.41) is 0.450. The van der Waals surface area contributed by atoms with Crippen LogP contribution in [0, 0.1) is 0 Å². The number of aromatic nitrogens is 2. The number of benzene rings is 2. The van der Waals surface area contributed by atoms with Gasteiger partial charge in [0.15, 0.2) is 0 Å². The van der Waals surface area contributed by atoms with Crippen molar-refractivity contribution in [2.45, 2.75) is 13.0 Å². The minimum Gasteiger partial charge on any atom is -0.368 e. The summed E-state index contributed by atoms with van der Waals surface area (Å²) in [6.07, 6.45) is 0.132. The number of aromatic amines is 1. The lowest BCUT2D eigenvalue weighted by Crippen LogP contribution is -2.49.